The van der Waals surface area contributed by atoms with E-state index in [1.807, 2.05) is 0 Å². The third kappa shape index (κ3) is 1.52. The molecular formula is C16H22N2. The zero-order valence-corrected chi connectivity index (χ0v) is 11.6. The summed E-state index contributed by atoms with van der Waals surface area (Å²) in [6, 6.07) is 6.79. The SMILES string of the molecule is Cc1c(C)n(C)c2cc(C3(N)CCCC3)ccc12. The minimum Gasteiger partial charge on any atom is -0.348 e. The van der Waals surface area contributed by atoms with Gasteiger partial charge in [0.15, 0.2) is 0 Å². The van der Waals surface area contributed by atoms with Gasteiger partial charge in [-0.3, -0.25) is 0 Å². The number of hydrogen-bond acceptors (Lipinski definition) is 1. The average Bonchev–Trinajstić information content (AvgIpc) is 2.90. The highest BCUT2D eigenvalue weighted by Gasteiger charge is 2.31. The maximum Gasteiger partial charge on any atom is 0.0486 e. The van der Waals surface area contributed by atoms with Crippen LogP contribution in [0.15, 0.2) is 18.2 Å². The van der Waals surface area contributed by atoms with Gasteiger partial charge in [-0.2, -0.15) is 0 Å². The van der Waals surface area contributed by atoms with Crippen molar-refractivity contribution in [2.45, 2.75) is 45.1 Å². The molecule has 96 valence electrons. The number of aryl methyl sites for hydroxylation is 2. The van der Waals surface area contributed by atoms with Crippen LogP contribution in [0.25, 0.3) is 10.9 Å². The molecule has 2 aromatic rings. The third-order valence-corrected chi connectivity index (χ3v) is 4.88. The Morgan fingerprint density at radius 2 is 1.83 bits per heavy atom. The molecule has 1 aliphatic rings. The van der Waals surface area contributed by atoms with Gasteiger partial charge >= 0.3 is 0 Å². The van der Waals surface area contributed by atoms with E-state index in [-0.39, 0.29) is 5.54 Å². The fourth-order valence-corrected chi connectivity index (χ4v) is 3.36. The van der Waals surface area contributed by atoms with E-state index in [2.05, 4.69) is 43.7 Å². The van der Waals surface area contributed by atoms with Crippen LogP contribution in [0.2, 0.25) is 0 Å². The van der Waals surface area contributed by atoms with Crippen molar-refractivity contribution in [3.8, 4) is 0 Å². The normalized spacial score (nSPS) is 18.7. The van der Waals surface area contributed by atoms with Gasteiger partial charge in [-0.25, -0.2) is 0 Å². The van der Waals surface area contributed by atoms with E-state index in [1.165, 1.54) is 40.6 Å². The number of hydrogen-bond donors (Lipinski definition) is 1. The van der Waals surface area contributed by atoms with Crippen molar-refractivity contribution in [3.63, 3.8) is 0 Å². The summed E-state index contributed by atoms with van der Waals surface area (Å²) in [6.45, 7) is 4.38. The van der Waals surface area contributed by atoms with Crippen LogP contribution in [0.4, 0.5) is 0 Å². The molecule has 1 aromatic heterocycles. The van der Waals surface area contributed by atoms with Crippen LogP contribution in [0.1, 0.15) is 42.5 Å². The Morgan fingerprint density at radius 1 is 1.17 bits per heavy atom. The lowest BCUT2D eigenvalue weighted by Crippen LogP contribution is -2.32. The molecule has 0 bridgehead atoms. The molecule has 1 aromatic carbocycles. The van der Waals surface area contributed by atoms with Crippen molar-refractivity contribution < 1.29 is 0 Å². The lowest BCUT2D eigenvalue weighted by Gasteiger charge is -2.24. The van der Waals surface area contributed by atoms with Crippen molar-refractivity contribution in [2.24, 2.45) is 12.8 Å². The molecule has 1 saturated carbocycles. The first-order chi connectivity index (χ1) is 8.53. The molecule has 2 heteroatoms. The van der Waals surface area contributed by atoms with Gasteiger partial charge in [0.1, 0.15) is 0 Å². The maximum atomic E-state index is 6.56. The van der Waals surface area contributed by atoms with Gasteiger partial charge in [0.2, 0.25) is 0 Å². The van der Waals surface area contributed by atoms with Crippen LogP contribution in [0.5, 0.6) is 0 Å². The zero-order chi connectivity index (χ0) is 12.9. The Labute approximate surface area is 109 Å². The monoisotopic (exact) mass is 242 g/mol. The molecule has 2 N–H and O–H groups in total. The van der Waals surface area contributed by atoms with E-state index in [9.17, 15) is 0 Å². The van der Waals surface area contributed by atoms with Crippen molar-refractivity contribution in [1.29, 1.82) is 0 Å². The Kier molecular flexibility index (Phi) is 2.53. The van der Waals surface area contributed by atoms with Crippen molar-refractivity contribution in [2.75, 3.05) is 0 Å². The summed E-state index contributed by atoms with van der Waals surface area (Å²) in [6.07, 6.45) is 4.78. The second-order valence-electron chi connectivity index (χ2n) is 5.86. The summed E-state index contributed by atoms with van der Waals surface area (Å²) in [5, 5.41) is 1.36. The van der Waals surface area contributed by atoms with Crippen LogP contribution in [-0.2, 0) is 12.6 Å². The van der Waals surface area contributed by atoms with Gasteiger partial charge in [0, 0.05) is 29.2 Å². The summed E-state index contributed by atoms with van der Waals surface area (Å²) in [5.41, 5.74) is 11.8. The van der Waals surface area contributed by atoms with Gasteiger partial charge in [0.25, 0.3) is 0 Å². The Balaban J connectivity index is 2.19. The highest BCUT2D eigenvalue weighted by molar-refractivity contribution is 5.86. The van der Waals surface area contributed by atoms with E-state index in [0.717, 1.165) is 12.8 Å². The van der Waals surface area contributed by atoms with E-state index < -0.39 is 0 Å². The van der Waals surface area contributed by atoms with Crippen LogP contribution in [0, 0.1) is 13.8 Å². The molecule has 0 spiro atoms. The summed E-state index contributed by atoms with van der Waals surface area (Å²) >= 11 is 0. The standard InChI is InChI=1S/C16H22N2/c1-11-12(2)18(3)15-10-13(6-7-14(11)15)16(17)8-4-5-9-16/h6-7,10H,4-5,8-9,17H2,1-3H3. The Hall–Kier alpha value is -1.28. The summed E-state index contributed by atoms with van der Waals surface area (Å²) < 4.78 is 2.28. The van der Waals surface area contributed by atoms with Crippen molar-refractivity contribution in [3.05, 3.63) is 35.0 Å². The highest BCUT2D eigenvalue weighted by Crippen LogP contribution is 2.38. The van der Waals surface area contributed by atoms with Crippen LogP contribution in [-0.4, -0.2) is 4.57 Å². The van der Waals surface area contributed by atoms with Crippen molar-refractivity contribution >= 4 is 10.9 Å². The summed E-state index contributed by atoms with van der Waals surface area (Å²) in [7, 11) is 2.15. The smallest absolute Gasteiger partial charge is 0.0486 e. The molecule has 0 atom stereocenters. The Bertz CT molecular complexity index is 601. The van der Waals surface area contributed by atoms with E-state index in [4.69, 9.17) is 5.73 Å². The second-order valence-corrected chi connectivity index (χ2v) is 5.86. The molecule has 0 amide bonds. The molecule has 0 saturated heterocycles. The first-order valence-electron chi connectivity index (χ1n) is 6.88. The van der Waals surface area contributed by atoms with Crippen LogP contribution < -0.4 is 5.73 Å². The molecular weight excluding hydrogens is 220 g/mol. The Morgan fingerprint density at radius 3 is 2.50 bits per heavy atom. The van der Waals surface area contributed by atoms with Crippen LogP contribution >= 0.6 is 0 Å². The molecule has 0 aliphatic heterocycles. The lowest BCUT2D eigenvalue weighted by molar-refractivity contribution is 0.462. The quantitative estimate of drug-likeness (QED) is 0.815. The second kappa shape index (κ2) is 3.86. The maximum absolute atomic E-state index is 6.56. The third-order valence-electron chi connectivity index (χ3n) is 4.88. The van der Waals surface area contributed by atoms with Gasteiger partial charge in [0.05, 0.1) is 0 Å². The molecule has 18 heavy (non-hydrogen) atoms. The first-order valence-corrected chi connectivity index (χ1v) is 6.88. The number of benzene rings is 1. The average molecular weight is 242 g/mol. The largest absolute Gasteiger partial charge is 0.348 e. The fraction of sp³-hybridized carbons (Fsp3) is 0.500. The number of nitrogens with two attached hydrogens (primary N) is 1. The van der Waals surface area contributed by atoms with Gasteiger partial charge in [-0.05, 0) is 43.9 Å². The van der Waals surface area contributed by atoms with Gasteiger partial charge in [-0.15, -0.1) is 0 Å². The predicted octanol–water partition coefficient (Wildman–Crippen LogP) is 3.52. The van der Waals surface area contributed by atoms with E-state index in [1.54, 1.807) is 0 Å². The zero-order valence-electron chi connectivity index (χ0n) is 11.6. The molecule has 2 nitrogen and oxygen atoms in total. The van der Waals surface area contributed by atoms with E-state index >= 15 is 0 Å². The number of rotatable bonds is 1. The first kappa shape index (κ1) is 11.8. The van der Waals surface area contributed by atoms with Crippen LogP contribution in [0.3, 0.4) is 0 Å². The number of fused-ring (bicyclic) bond motifs is 1. The molecule has 1 fully saturated rings. The lowest BCUT2D eigenvalue weighted by atomic mass is 9.89. The minimum absolute atomic E-state index is 0.0831. The molecule has 0 radical (unpaired) electrons. The number of nitrogens with zero attached hydrogens (tertiary/aromatic N) is 1. The summed E-state index contributed by atoms with van der Waals surface area (Å²) in [4.78, 5) is 0. The molecule has 1 aliphatic carbocycles. The highest BCUT2D eigenvalue weighted by atomic mass is 14.9. The fourth-order valence-electron chi connectivity index (χ4n) is 3.36. The molecule has 1 heterocycles. The minimum atomic E-state index is -0.0831. The molecule has 3 rings (SSSR count). The van der Waals surface area contributed by atoms with Crippen molar-refractivity contribution in [1.82, 2.24) is 4.57 Å². The van der Waals surface area contributed by atoms with Gasteiger partial charge < -0.3 is 10.3 Å². The number of aromatic nitrogens is 1. The van der Waals surface area contributed by atoms with E-state index in [0.29, 0.717) is 0 Å². The predicted molar refractivity (Wildman–Crippen MR) is 76.7 cm³/mol. The van der Waals surface area contributed by atoms with Gasteiger partial charge in [-0.1, -0.05) is 25.0 Å². The summed E-state index contributed by atoms with van der Waals surface area (Å²) in [5.74, 6) is 0. The molecule has 0 unspecified atom stereocenters. The topological polar surface area (TPSA) is 30.9 Å².